The SMILES string of the molecule is C1=C(c2ccc(-c3cccc(-c4ccccc4)c3)cc2)CNCN1.Cn1c2ccccc2c2cc(-c3ccc4c(c3)c3ccccc3n4-c3ccccc3)ccc21. The number of aryl methyl sites for hydroxylation is 1. The van der Waals surface area contributed by atoms with Crippen LogP contribution in [0.15, 0.2) is 200 Å². The Morgan fingerprint density at radius 1 is 0.386 bits per heavy atom. The van der Waals surface area contributed by atoms with Crippen LogP contribution in [0, 0.1) is 0 Å². The first-order valence-corrected chi connectivity index (χ1v) is 19.7. The summed E-state index contributed by atoms with van der Waals surface area (Å²) in [5.41, 5.74) is 16.2. The van der Waals surface area contributed by atoms with Gasteiger partial charge >= 0.3 is 0 Å². The first-order valence-electron chi connectivity index (χ1n) is 19.7. The minimum absolute atomic E-state index is 0.841. The average Bonchev–Trinajstić information content (AvgIpc) is 3.78. The Morgan fingerprint density at radius 3 is 1.54 bits per heavy atom. The van der Waals surface area contributed by atoms with Crippen LogP contribution in [-0.4, -0.2) is 22.3 Å². The van der Waals surface area contributed by atoms with Crippen molar-refractivity contribution in [3.8, 4) is 39.1 Å². The largest absolute Gasteiger partial charge is 0.378 e. The molecule has 8 aromatic carbocycles. The number of rotatable bonds is 5. The van der Waals surface area contributed by atoms with Gasteiger partial charge in [0.2, 0.25) is 0 Å². The number of aromatic nitrogens is 2. The molecule has 0 spiro atoms. The van der Waals surface area contributed by atoms with Crippen molar-refractivity contribution in [2.75, 3.05) is 13.2 Å². The Bertz CT molecular complexity index is 3060. The summed E-state index contributed by atoms with van der Waals surface area (Å²) >= 11 is 0. The number of nitrogens with one attached hydrogen (secondary N) is 2. The highest BCUT2D eigenvalue weighted by Gasteiger charge is 2.14. The number of nitrogens with zero attached hydrogens (tertiary/aromatic N) is 2. The molecule has 0 fully saturated rings. The average molecular weight is 735 g/mol. The summed E-state index contributed by atoms with van der Waals surface area (Å²) in [4.78, 5) is 0. The zero-order valence-corrected chi connectivity index (χ0v) is 31.9. The molecule has 4 nitrogen and oxygen atoms in total. The Labute approximate surface area is 333 Å². The Kier molecular flexibility index (Phi) is 8.94. The number of para-hydroxylation sites is 3. The molecular weight excluding hydrogens is 693 g/mol. The minimum atomic E-state index is 0.841. The maximum Gasteiger partial charge on any atom is 0.0650 e. The summed E-state index contributed by atoms with van der Waals surface area (Å²) < 4.78 is 4.65. The lowest BCUT2D eigenvalue weighted by atomic mass is 9.97. The molecule has 4 heteroatoms. The van der Waals surface area contributed by atoms with Crippen LogP contribution in [0.2, 0.25) is 0 Å². The lowest BCUT2D eigenvalue weighted by molar-refractivity contribution is 0.678. The maximum atomic E-state index is 3.33. The molecule has 2 aromatic heterocycles. The summed E-state index contributed by atoms with van der Waals surface area (Å²) in [6, 6.07) is 69.7. The van der Waals surface area contributed by atoms with Crippen LogP contribution in [0.3, 0.4) is 0 Å². The van der Waals surface area contributed by atoms with E-state index in [9.17, 15) is 0 Å². The molecule has 1 aliphatic rings. The number of hydrogen-bond acceptors (Lipinski definition) is 2. The van der Waals surface area contributed by atoms with E-state index >= 15 is 0 Å². The van der Waals surface area contributed by atoms with Crippen molar-refractivity contribution in [3.05, 3.63) is 206 Å². The van der Waals surface area contributed by atoms with Gasteiger partial charge in [0.15, 0.2) is 0 Å². The molecule has 0 atom stereocenters. The van der Waals surface area contributed by atoms with Gasteiger partial charge in [0.25, 0.3) is 0 Å². The fraction of sp³-hybridized carbons (Fsp3) is 0.0566. The van der Waals surface area contributed by atoms with Gasteiger partial charge in [-0.1, -0.05) is 140 Å². The summed E-state index contributed by atoms with van der Waals surface area (Å²) in [7, 11) is 2.15. The molecule has 10 aromatic rings. The van der Waals surface area contributed by atoms with E-state index in [0.717, 1.165) is 13.2 Å². The summed E-state index contributed by atoms with van der Waals surface area (Å²) in [6.45, 7) is 1.75. The van der Waals surface area contributed by atoms with Crippen molar-refractivity contribution in [2.24, 2.45) is 7.05 Å². The second-order valence-corrected chi connectivity index (χ2v) is 14.7. The molecule has 11 rings (SSSR count). The van der Waals surface area contributed by atoms with Gasteiger partial charge in [0.1, 0.15) is 0 Å². The second kappa shape index (κ2) is 14.8. The highest BCUT2D eigenvalue weighted by atomic mass is 15.1. The Morgan fingerprint density at radius 2 is 0.860 bits per heavy atom. The van der Waals surface area contributed by atoms with Crippen molar-refractivity contribution in [2.45, 2.75) is 0 Å². The van der Waals surface area contributed by atoms with Crippen LogP contribution in [0.5, 0.6) is 0 Å². The van der Waals surface area contributed by atoms with Crippen molar-refractivity contribution in [3.63, 3.8) is 0 Å². The van der Waals surface area contributed by atoms with Crippen molar-refractivity contribution in [1.29, 1.82) is 0 Å². The molecule has 0 amide bonds. The molecule has 1 aliphatic heterocycles. The number of hydrogen-bond donors (Lipinski definition) is 2. The first kappa shape index (κ1) is 34.4. The van der Waals surface area contributed by atoms with Crippen LogP contribution in [-0.2, 0) is 7.05 Å². The predicted molar refractivity (Wildman–Crippen MR) is 241 cm³/mol. The van der Waals surface area contributed by atoms with Crippen molar-refractivity contribution in [1.82, 2.24) is 19.8 Å². The van der Waals surface area contributed by atoms with Crippen LogP contribution >= 0.6 is 0 Å². The molecule has 3 heterocycles. The normalized spacial score (nSPS) is 12.7. The van der Waals surface area contributed by atoms with Gasteiger partial charge in [-0.15, -0.1) is 0 Å². The zero-order chi connectivity index (χ0) is 38.1. The summed E-state index contributed by atoms with van der Waals surface area (Å²) in [6.07, 6.45) is 2.10. The summed E-state index contributed by atoms with van der Waals surface area (Å²) in [5.74, 6) is 0. The molecule has 0 radical (unpaired) electrons. The van der Waals surface area contributed by atoms with Gasteiger partial charge in [0.05, 0.1) is 17.7 Å². The highest BCUT2D eigenvalue weighted by Crippen LogP contribution is 2.37. The maximum absolute atomic E-state index is 3.33. The van der Waals surface area contributed by atoms with E-state index in [1.165, 1.54) is 93.8 Å². The van der Waals surface area contributed by atoms with Crippen LogP contribution in [0.4, 0.5) is 0 Å². The molecule has 0 bridgehead atoms. The molecule has 2 N–H and O–H groups in total. The van der Waals surface area contributed by atoms with Gasteiger partial charge in [0, 0.05) is 58.1 Å². The summed E-state index contributed by atoms with van der Waals surface area (Å²) in [5, 5.41) is 11.7. The van der Waals surface area contributed by atoms with Gasteiger partial charge in [-0.05, 0) is 99.1 Å². The lowest BCUT2D eigenvalue weighted by Gasteiger charge is -2.16. The van der Waals surface area contributed by atoms with E-state index in [0.29, 0.717) is 0 Å². The van der Waals surface area contributed by atoms with Gasteiger partial charge in [-0.3, -0.25) is 5.32 Å². The number of fused-ring (bicyclic) bond motifs is 6. The molecule has 0 unspecified atom stereocenters. The van der Waals surface area contributed by atoms with Gasteiger partial charge in [-0.2, -0.15) is 0 Å². The third kappa shape index (κ3) is 6.46. The molecule has 0 saturated heterocycles. The van der Waals surface area contributed by atoms with Crippen molar-refractivity contribution >= 4 is 49.2 Å². The second-order valence-electron chi connectivity index (χ2n) is 14.7. The molecule has 0 aliphatic carbocycles. The van der Waals surface area contributed by atoms with Gasteiger partial charge < -0.3 is 14.5 Å². The van der Waals surface area contributed by atoms with E-state index in [1.807, 2.05) is 0 Å². The Hall–Kier alpha value is -7.14. The third-order valence-electron chi connectivity index (χ3n) is 11.3. The van der Waals surface area contributed by atoms with Crippen LogP contribution in [0.1, 0.15) is 5.56 Å². The molecule has 0 saturated carbocycles. The van der Waals surface area contributed by atoms with E-state index in [4.69, 9.17) is 0 Å². The van der Waals surface area contributed by atoms with E-state index in [2.05, 4.69) is 227 Å². The van der Waals surface area contributed by atoms with E-state index in [1.54, 1.807) is 0 Å². The van der Waals surface area contributed by atoms with E-state index < -0.39 is 0 Å². The smallest absolute Gasteiger partial charge is 0.0650 e. The van der Waals surface area contributed by atoms with Crippen LogP contribution < -0.4 is 10.6 Å². The topological polar surface area (TPSA) is 33.9 Å². The Balaban J connectivity index is 0.000000147. The van der Waals surface area contributed by atoms with Crippen LogP contribution in [0.25, 0.3) is 88.3 Å². The standard InChI is InChI=1S/C31H22N2.C22H20N2/c1-32-28-13-7-5-11-24(28)26-19-21(15-17-29(26)32)22-16-18-31-27(20-22)25-12-6-8-14-30(25)33(31)23-9-3-2-4-10-23;1-2-5-17(6-3-1)20-7-4-8-21(13-20)18-9-11-19(12-10-18)22-14-23-16-24-15-22/h2-20H,1H3;1-14,23-24H,15-16H2. The fourth-order valence-electron chi connectivity index (χ4n) is 8.42. The van der Waals surface area contributed by atoms with E-state index in [-0.39, 0.29) is 0 Å². The monoisotopic (exact) mass is 734 g/mol. The third-order valence-corrected chi connectivity index (χ3v) is 11.3. The zero-order valence-electron chi connectivity index (χ0n) is 31.9. The van der Waals surface area contributed by atoms with Crippen molar-refractivity contribution < 1.29 is 0 Å². The highest BCUT2D eigenvalue weighted by molar-refractivity contribution is 6.12. The lowest BCUT2D eigenvalue weighted by Crippen LogP contribution is -2.31. The molecular formula is C53H42N4. The number of benzene rings is 8. The molecule has 274 valence electrons. The molecule has 57 heavy (non-hydrogen) atoms. The predicted octanol–water partition coefficient (Wildman–Crippen LogP) is 12.6. The minimum Gasteiger partial charge on any atom is -0.378 e. The quantitative estimate of drug-likeness (QED) is 0.185. The first-order chi connectivity index (χ1) is 28.2. The fourth-order valence-corrected chi connectivity index (χ4v) is 8.42. The van der Waals surface area contributed by atoms with Gasteiger partial charge in [-0.25, -0.2) is 0 Å².